The fraction of sp³-hybridized carbons (Fsp3) is 0.192. The fourth-order valence-electron chi connectivity index (χ4n) is 4.39. The molecule has 2 aliphatic rings. The van der Waals surface area contributed by atoms with Crippen LogP contribution in [-0.2, 0) is 4.79 Å². The summed E-state index contributed by atoms with van der Waals surface area (Å²) in [7, 11) is 0. The summed E-state index contributed by atoms with van der Waals surface area (Å²) in [4.78, 5) is 30.9. The molecule has 6 heteroatoms. The number of anilines is 1. The maximum Gasteiger partial charge on any atom is 0.260 e. The normalized spacial score (nSPS) is 19.8. The van der Waals surface area contributed by atoms with E-state index < -0.39 is 0 Å². The molecule has 1 aliphatic heterocycles. The number of nitrogens with one attached hydrogen (secondary N) is 1. The number of likely N-dealkylation sites (tertiary alicyclic amines) is 1. The van der Waals surface area contributed by atoms with Gasteiger partial charge in [-0.05, 0) is 59.2 Å². The van der Waals surface area contributed by atoms with E-state index >= 15 is 0 Å². The molecule has 3 heterocycles. The van der Waals surface area contributed by atoms with Crippen molar-refractivity contribution in [1.29, 1.82) is 0 Å². The number of amides is 2. The predicted molar refractivity (Wildman–Crippen MR) is 123 cm³/mol. The smallest absolute Gasteiger partial charge is 0.260 e. The van der Waals surface area contributed by atoms with Crippen molar-refractivity contribution in [1.82, 2.24) is 9.88 Å². The Hall–Kier alpha value is -3.93. The molecule has 1 saturated heterocycles. The first-order valence-corrected chi connectivity index (χ1v) is 10.7. The molecule has 5 rings (SSSR count). The molecule has 0 spiro atoms. The maximum absolute atomic E-state index is 12.7. The van der Waals surface area contributed by atoms with E-state index in [1.54, 1.807) is 30.5 Å². The monoisotopic (exact) mass is 425 g/mol. The Balaban J connectivity index is 1.16. The zero-order valence-corrected chi connectivity index (χ0v) is 17.5. The Morgan fingerprint density at radius 1 is 1.09 bits per heavy atom. The van der Waals surface area contributed by atoms with Crippen LogP contribution in [0.5, 0.6) is 0 Å². The highest BCUT2D eigenvalue weighted by Gasteiger charge is 2.37. The maximum atomic E-state index is 12.7. The van der Waals surface area contributed by atoms with Gasteiger partial charge in [0, 0.05) is 25.4 Å². The molecule has 6 nitrogen and oxygen atoms in total. The third kappa shape index (κ3) is 4.25. The van der Waals surface area contributed by atoms with Gasteiger partial charge in [0.05, 0.1) is 11.8 Å². The molecule has 0 saturated carbocycles. The van der Waals surface area contributed by atoms with E-state index in [-0.39, 0.29) is 11.8 Å². The molecule has 2 unspecified atom stereocenters. The minimum absolute atomic E-state index is 0.0198. The summed E-state index contributed by atoms with van der Waals surface area (Å²) in [5.41, 5.74) is 3.92. The summed E-state index contributed by atoms with van der Waals surface area (Å²) < 4.78 is 4.91. The summed E-state index contributed by atoms with van der Waals surface area (Å²) in [6.45, 7) is 1.55. The largest absolute Gasteiger partial charge is 0.472 e. The van der Waals surface area contributed by atoms with Crippen LogP contribution in [0.25, 0.3) is 11.6 Å². The van der Waals surface area contributed by atoms with Crippen molar-refractivity contribution in [2.24, 2.45) is 11.8 Å². The standard InChI is InChI=1S/C26H23N3O3/c30-25(29-15-22-12-21(13-23(22)16-29)19-4-2-1-3-5-19)9-7-18-6-8-24(27-14-18)28-26(31)20-10-11-32-17-20/h1-12,14,17,22-23H,13,15-16H2,(H,27,28,31)/b9-7+. The average Bonchev–Trinajstić information content (AvgIpc) is 3.56. The number of hydrogen-bond acceptors (Lipinski definition) is 4. The van der Waals surface area contributed by atoms with Crippen LogP contribution in [0.3, 0.4) is 0 Å². The average molecular weight is 425 g/mol. The van der Waals surface area contributed by atoms with Gasteiger partial charge >= 0.3 is 0 Å². The van der Waals surface area contributed by atoms with Crippen LogP contribution in [-0.4, -0.2) is 34.8 Å². The number of carbonyl (C=O) groups is 2. The molecule has 2 amide bonds. The number of benzene rings is 1. The van der Waals surface area contributed by atoms with E-state index in [4.69, 9.17) is 4.42 Å². The minimum Gasteiger partial charge on any atom is -0.472 e. The van der Waals surface area contributed by atoms with Crippen LogP contribution < -0.4 is 5.32 Å². The van der Waals surface area contributed by atoms with Gasteiger partial charge in [-0.1, -0.05) is 36.4 Å². The molecule has 1 aliphatic carbocycles. The van der Waals surface area contributed by atoms with Crippen molar-refractivity contribution in [3.8, 4) is 0 Å². The second-order valence-corrected chi connectivity index (χ2v) is 8.21. The fourth-order valence-corrected chi connectivity index (χ4v) is 4.39. The molecular weight excluding hydrogens is 402 g/mol. The third-order valence-corrected chi connectivity index (χ3v) is 6.07. The Bertz CT molecular complexity index is 1160. The van der Waals surface area contributed by atoms with Crippen molar-refractivity contribution >= 4 is 29.3 Å². The number of allylic oxidation sites excluding steroid dienone is 1. The Labute approximate surface area is 186 Å². The van der Waals surface area contributed by atoms with Gasteiger partial charge in [-0.3, -0.25) is 9.59 Å². The van der Waals surface area contributed by atoms with Gasteiger partial charge in [-0.15, -0.1) is 0 Å². The van der Waals surface area contributed by atoms with Gasteiger partial charge in [-0.2, -0.15) is 0 Å². The van der Waals surface area contributed by atoms with Gasteiger partial charge in [0.1, 0.15) is 12.1 Å². The molecule has 1 fully saturated rings. The molecular formula is C26H23N3O3. The second kappa shape index (κ2) is 8.67. The molecule has 2 aromatic heterocycles. The first-order chi connectivity index (χ1) is 15.7. The number of nitrogens with zero attached hydrogens (tertiary/aromatic N) is 2. The van der Waals surface area contributed by atoms with Crippen LogP contribution in [0.2, 0.25) is 0 Å². The van der Waals surface area contributed by atoms with Crippen molar-refractivity contribution in [2.45, 2.75) is 6.42 Å². The highest BCUT2D eigenvalue weighted by molar-refractivity contribution is 6.03. The highest BCUT2D eigenvalue weighted by Crippen LogP contribution is 2.40. The SMILES string of the molecule is O=C(Nc1ccc(/C=C/C(=O)N2CC3C=C(c4ccccc4)CC3C2)cn1)c1ccoc1. The van der Waals surface area contributed by atoms with Gasteiger partial charge < -0.3 is 14.6 Å². The molecule has 0 radical (unpaired) electrons. The summed E-state index contributed by atoms with van der Waals surface area (Å²) in [5, 5.41) is 2.70. The number of carbonyl (C=O) groups excluding carboxylic acids is 2. The van der Waals surface area contributed by atoms with E-state index in [1.807, 2.05) is 17.0 Å². The van der Waals surface area contributed by atoms with E-state index in [9.17, 15) is 9.59 Å². The molecule has 0 bridgehead atoms. The van der Waals surface area contributed by atoms with Gasteiger partial charge in [0.25, 0.3) is 5.91 Å². The Morgan fingerprint density at radius 2 is 1.97 bits per heavy atom. The van der Waals surface area contributed by atoms with E-state index in [0.29, 0.717) is 23.2 Å². The lowest BCUT2D eigenvalue weighted by atomic mass is 9.98. The number of furan rings is 1. The van der Waals surface area contributed by atoms with Crippen molar-refractivity contribution in [3.05, 3.63) is 96.1 Å². The third-order valence-electron chi connectivity index (χ3n) is 6.07. The van der Waals surface area contributed by atoms with Gasteiger partial charge in [0.2, 0.25) is 5.91 Å². The zero-order chi connectivity index (χ0) is 21.9. The van der Waals surface area contributed by atoms with E-state index in [0.717, 1.165) is 25.1 Å². The lowest BCUT2D eigenvalue weighted by molar-refractivity contribution is -0.125. The summed E-state index contributed by atoms with van der Waals surface area (Å²) in [5.74, 6) is 1.11. The lowest BCUT2D eigenvalue weighted by Crippen LogP contribution is -2.27. The number of rotatable bonds is 5. The van der Waals surface area contributed by atoms with Crippen molar-refractivity contribution < 1.29 is 14.0 Å². The minimum atomic E-state index is -0.284. The zero-order valence-electron chi connectivity index (χ0n) is 17.5. The second-order valence-electron chi connectivity index (χ2n) is 8.21. The number of hydrogen-bond donors (Lipinski definition) is 1. The van der Waals surface area contributed by atoms with Crippen molar-refractivity contribution in [3.63, 3.8) is 0 Å². The van der Waals surface area contributed by atoms with Gasteiger partial charge in [0.15, 0.2) is 0 Å². The summed E-state index contributed by atoms with van der Waals surface area (Å²) in [6, 6.07) is 15.6. The molecule has 1 aromatic carbocycles. The van der Waals surface area contributed by atoms with Gasteiger partial charge in [-0.25, -0.2) is 4.98 Å². The Morgan fingerprint density at radius 3 is 2.69 bits per heavy atom. The highest BCUT2D eigenvalue weighted by atomic mass is 16.3. The lowest BCUT2D eigenvalue weighted by Gasteiger charge is -2.15. The van der Waals surface area contributed by atoms with E-state index in [1.165, 1.54) is 23.7 Å². The Kier molecular flexibility index (Phi) is 5.42. The van der Waals surface area contributed by atoms with Crippen LogP contribution in [0.1, 0.15) is 27.9 Å². The van der Waals surface area contributed by atoms with Crippen molar-refractivity contribution in [2.75, 3.05) is 18.4 Å². The quantitative estimate of drug-likeness (QED) is 0.611. The topological polar surface area (TPSA) is 75.4 Å². The summed E-state index contributed by atoms with van der Waals surface area (Å²) >= 11 is 0. The number of fused-ring (bicyclic) bond motifs is 1. The molecule has 1 N–H and O–H groups in total. The number of pyridine rings is 1. The molecule has 160 valence electrons. The molecule has 3 aromatic rings. The summed E-state index contributed by atoms with van der Waals surface area (Å²) in [6.07, 6.45) is 11.2. The molecule has 32 heavy (non-hydrogen) atoms. The number of aromatic nitrogens is 1. The van der Waals surface area contributed by atoms with Crippen LogP contribution >= 0.6 is 0 Å². The first kappa shape index (κ1) is 20.0. The van der Waals surface area contributed by atoms with Crippen LogP contribution in [0.4, 0.5) is 5.82 Å². The molecule has 2 atom stereocenters. The van der Waals surface area contributed by atoms with E-state index in [2.05, 4.69) is 40.6 Å². The first-order valence-electron chi connectivity index (χ1n) is 10.7. The van der Waals surface area contributed by atoms with Crippen LogP contribution in [0, 0.1) is 11.8 Å². The predicted octanol–water partition coefficient (Wildman–Crippen LogP) is 4.50. The van der Waals surface area contributed by atoms with Crippen LogP contribution in [0.15, 0.2) is 83.8 Å².